The molecule has 0 radical (unpaired) electrons. The third-order valence-electron chi connectivity index (χ3n) is 1.74. The lowest BCUT2D eigenvalue weighted by molar-refractivity contribution is 0.237. The largest absolute Gasteiger partial charge is 0.394 e. The average molecular weight is 211 g/mol. The monoisotopic (exact) mass is 211 g/mol. The van der Waals surface area contributed by atoms with E-state index in [1.165, 1.54) is 0 Å². The van der Waals surface area contributed by atoms with E-state index in [1.54, 1.807) is 11.3 Å². The summed E-state index contributed by atoms with van der Waals surface area (Å²) in [5, 5.41) is 16.4. The van der Waals surface area contributed by atoms with Crippen LogP contribution in [0.5, 0.6) is 0 Å². The predicted molar refractivity (Wildman–Crippen MR) is 51.6 cm³/mol. The minimum atomic E-state index is -0.602. The van der Waals surface area contributed by atoms with E-state index in [4.69, 9.17) is 15.4 Å². The second kappa shape index (κ2) is 3.87. The molecular formula is C8H9N3O2S. The first-order valence-corrected chi connectivity index (χ1v) is 4.98. The number of aromatic nitrogens is 2. The summed E-state index contributed by atoms with van der Waals surface area (Å²) in [7, 11) is 0. The van der Waals surface area contributed by atoms with Crippen molar-refractivity contribution in [2.45, 2.75) is 6.04 Å². The molecular weight excluding hydrogens is 202 g/mol. The van der Waals surface area contributed by atoms with Gasteiger partial charge in [0.25, 0.3) is 0 Å². The zero-order chi connectivity index (χ0) is 9.97. The zero-order valence-corrected chi connectivity index (χ0v) is 8.07. The number of thiophene rings is 1. The highest BCUT2D eigenvalue weighted by Crippen LogP contribution is 2.19. The molecule has 0 aliphatic heterocycles. The molecule has 0 saturated heterocycles. The van der Waals surface area contributed by atoms with Crippen molar-refractivity contribution in [3.05, 3.63) is 22.7 Å². The van der Waals surface area contributed by atoms with Crippen LogP contribution >= 0.6 is 11.3 Å². The molecule has 0 spiro atoms. The molecule has 0 amide bonds. The minimum Gasteiger partial charge on any atom is -0.394 e. The lowest BCUT2D eigenvalue weighted by Gasteiger charge is -1.98. The average Bonchev–Trinajstić information content (AvgIpc) is 2.86. The van der Waals surface area contributed by atoms with Gasteiger partial charge in [0, 0.05) is 10.9 Å². The van der Waals surface area contributed by atoms with Crippen molar-refractivity contribution >= 4 is 11.3 Å². The van der Waals surface area contributed by atoms with Crippen LogP contribution in [0, 0.1) is 0 Å². The molecule has 3 N–H and O–H groups in total. The van der Waals surface area contributed by atoms with Gasteiger partial charge in [0.2, 0.25) is 11.7 Å². The first-order valence-electron chi connectivity index (χ1n) is 4.04. The molecule has 2 rings (SSSR count). The highest BCUT2D eigenvalue weighted by Gasteiger charge is 2.14. The van der Waals surface area contributed by atoms with Gasteiger partial charge in [-0.1, -0.05) is 5.16 Å². The van der Waals surface area contributed by atoms with E-state index in [1.807, 2.05) is 16.8 Å². The fourth-order valence-corrected chi connectivity index (χ4v) is 1.61. The summed E-state index contributed by atoms with van der Waals surface area (Å²) >= 11 is 1.56. The van der Waals surface area contributed by atoms with Crippen molar-refractivity contribution in [3.8, 4) is 11.4 Å². The third-order valence-corrected chi connectivity index (χ3v) is 2.42. The van der Waals surface area contributed by atoms with Gasteiger partial charge in [-0.3, -0.25) is 0 Å². The summed E-state index contributed by atoms with van der Waals surface area (Å²) in [6.45, 7) is -0.203. The minimum absolute atomic E-state index is 0.203. The van der Waals surface area contributed by atoms with E-state index in [-0.39, 0.29) is 12.5 Å². The summed E-state index contributed by atoms with van der Waals surface area (Å²) < 4.78 is 4.90. The van der Waals surface area contributed by atoms with Crippen molar-refractivity contribution in [1.29, 1.82) is 0 Å². The van der Waals surface area contributed by atoms with Crippen LogP contribution in [-0.2, 0) is 0 Å². The second-order valence-corrected chi connectivity index (χ2v) is 3.54. The summed E-state index contributed by atoms with van der Waals surface area (Å²) in [5.41, 5.74) is 6.42. The van der Waals surface area contributed by atoms with Crippen molar-refractivity contribution < 1.29 is 9.63 Å². The first kappa shape index (κ1) is 9.32. The van der Waals surface area contributed by atoms with E-state index >= 15 is 0 Å². The van der Waals surface area contributed by atoms with Gasteiger partial charge in [-0.05, 0) is 11.4 Å². The van der Waals surface area contributed by atoms with E-state index in [2.05, 4.69) is 10.1 Å². The van der Waals surface area contributed by atoms with Gasteiger partial charge in [-0.2, -0.15) is 16.3 Å². The molecule has 2 heterocycles. The zero-order valence-electron chi connectivity index (χ0n) is 7.25. The van der Waals surface area contributed by atoms with E-state index in [9.17, 15) is 0 Å². The van der Waals surface area contributed by atoms with Gasteiger partial charge < -0.3 is 15.4 Å². The Kier molecular flexibility index (Phi) is 2.58. The Morgan fingerprint density at radius 1 is 1.64 bits per heavy atom. The molecule has 0 aromatic carbocycles. The second-order valence-electron chi connectivity index (χ2n) is 2.76. The number of nitrogens with zero attached hydrogens (tertiary/aromatic N) is 2. The number of aliphatic hydroxyl groups is 1. The van der Waals surface area contributed by atoms with Crippen LogP contribution < -0.4 is 5.73 Å². The lowest BCUT2D eigenvalue weighted by atomic mass is 10.3. The normalized spacial score (nSPS) is 13.0. The van der Waals surface area contributed by atoms with Crippen molar-refractivity contribution in [2.75, 3.05) is 6.61 Å². The van der Waals surface area contributed by atoms with Crippen LogP contribution in [-0.4, -0.2) is 21.9 Å². The first-order chi connectivity index (χ1) is 6.81. The lowest BCUT2D eigenvalue weighted by Crippen LogP contribution is -2.14. The van der Waals surface area contributed by atoms with Gasteiger partial charge >= 0.3 is 0 Å². The van der Waals surface area contributed by atoms with Gasteiger partial charge in [-0.15, -0.1) is 0 Å². The Morgan fingerprint density at radius 3 is 3.14 bits per heavy atom. The number of hydrogen-bond acceptors (Lipinski definition) is 6. The molecule has 0 fully saturated rings. The summed E-state index contributed by atoms with van der Waals surface area (Å²) in [6.07, 6.45) is 0. The van der Waals surface area contributed by atoms with Crippen LogP contribution in [0.15, 0.2) is 21.3 Å². The Morgan fingerprint density at radius 2 is 2.50 bits per heavy atom. The summed E-state index contributed by atoms with van der Waals surface area (Å²) in [4.78, 5) is 4.07. The molecule has 2 aromatic heterocycles. The Bertz CT molecular complexity index is 398. The molecule has 2 aromatic rings. The molecule has 1 atom stereocenters. The molecule has 0 saturated carbocycles. The SMILES string of the molecule is NC(CO)c1nc(-c2ccsc2)no1. The van der Waals surface area contributed by atoms with Crippen LogP contribution in [0.4, 0.5) is 0 Å². The van der Waals surface area contributed by atoms with E-state index in [0.717, 1.165) is 5.56 Å². The van der Waals surface area contributed by atoms with Crippen LogP contribution in [0.2, 0.25) is 0 Å². The molecule has 6 heteroatoms. The quantitative estimate of drug-likeness (QED) is 0.784. The van der Waals surface area contributed by atoms with Crippen molar-refractivity contribution in [2.24, 2.45) is 5.73 Å². The molecule has 0 aliphatic carbocycles. The Balaban J connectivity index is 2.26. The van der Waals surface area contributed by atoms with Crippen LogP contribution in [0.1, 0.15) is 11.9 Å². The van der Waals surface area contributed by atoms with E-state index < -0.39 is 6.04 Å². The maximum Gasteiger partial charge on any atom is 0.246 e. The number of aliphatic hydroxyl groups excluding tert-OH is 1. The van der Waals surface area contributed by atoms with Gasteiger partial charge in [0.15, 0.2) is 0 Å². The van der Waals surface area contributed by atoms with Crippen LogP contribution in [0.3, 0.4) is 0 Å². The highest BCUT2D eigenvalue weighted by atomic mass is 32.1. The van der Waals surface area contributed by atoms with Crippen LogP contribution in [0.25, 0.3) is 11.4 Å². The summed E-state index contributed by atoms with van der Waals surface area (Å²) in [5.74, 6) is 0.763. The van der Waals surface area contributed by atoms with Gasteiger partial charge in [0.1, 0.15) is 6.04 Å². The number of hydrogen-bond donors (Lipinski definition) is 2. The highest BCUT2D eigenvalue weighted by molar-refractivity contribution is 7.08. The fourth-order valence-electron chi connectivity index (χ4n) is 0.973. The predicted octanol–water partition coefficient (Wildman–Crippen LogP) is 0.790. The molecule has 74 valence electrons. The number of rotatable bonds is 3. The third kappa shape index (κ3) is 1.67. The topological polar surface area (TPSA) is 85.2 Å². The maximum absolute atomic E-state index is 8.78. The molecule has 0 bridgehead atoms. The molecule has 5 nitrogen and oxygen atoms in total. The Hall–Kier alpha value is -1.24. The Labute approximate surface area is 84.2 Å². The van der Waals surface area contributed by atoms with Crippen molar-refractivity contribution in [3.63, 3.8) is 0 Å². The molecule has 1 unspecified atom stereocenters. The van der Waals surface area contributed by atoms with E-state index in [0.29, 0.717) is 5.82 Å². The maximum atomic E-state index is 8.78. The smallest absolute Gasteiger partial charge is 0.246 e. The summed E-state index contributed by atoms with van der Waals surface area (Å²) in [6, 6.07) is 1.29. The molecule has 14 heavy (non-hydrogen) atoms. The van der Waals surface area contributed by atoms with Crippen molar-refractivity contribution in [1.82, 2.24) is 10.1 Å². The fraction of sp³-hybridized carbons (Fsp3) is 0.250. The standard InChI is InChI=1S/C8H9N3O2S/c9-6(3-12)8-10-7(11-13-8)5-1-2-14-4-5/h1-2,4,6,12H,3,9H2. The van der Waals surface area contributed by atoms with Gasteiger partial charge in [-0.25, -0.2) is 0 Å². The molecule has 0 aliphatic rings. The van der Waals surface area contributed by atoms with Gasteiger partial charge in [0.05, 0.1) is 6.61 Å². The number of nitrogens with two attached hydrogens (primary N) is 1.